The number of sulfone groups is 1. The molecule has 0 atom stereocenters. The first kappa shape index (κ1) is 23.9. The van der Waals surface area contributed by atoms with Gasteiger partial charge in [0.05, 0.1) is 9.92 Å². The SMILES string of the molecule is CC(C)CN(Cc1ccc(-c2cccc(S(C)(=O)=O)c2)s1)S(=O)(=O)c1ccccc1Cl. The first-order valence-corrected chi connectivity index (χ1v) is 14.1. The van der Waals surface area contributed by atoms with Gasteiger partial charge in [-0.15, -0.1) is 11.3 Å². The maximum absolute atomic E-state index is 13.3. The van der Waals surface area contributed by atoms with Gasteiger partial charge in [-0.05, 0) is 47.9 Å². The molecule has 31 heavy (non-hydrogen) atoms. The standard InChI is InChI=1S/C22H24ClNO4S3/c1-16(2)14-24(31(27,28)22-10-5-4-9-20(22)23)15-18-11-12-21(29-18)17-7-6-8-19(13-17)30(3,25)26/h4-13,16H,14-15H2,1-3H3. The third-order valence-corrected chi connectivity index (χ3v) is 9.10. The summed E-state index contributed by atoms with van der Waals surface area (Å²) < 4.78 is 51.8. The van der Waals surface area contributed by atoms with E-state index in [0.717, 1.165) is 15.3 Å². The number of halogens is 1. The van der Waals surface area contributed by atoms with Gasteiger partial charge in [0.25, 0.3) is 0 Å². The monoisotopic (exact) mass is 497 g/mol. The van der Waals surface area contributed by atoms with E-state index in [2.05, 4.69) is 0 Å². The quantitative estimate of drug-likeness (QED) is 0.422. The van der Waals surface area contributed by atoms with Gasteiger partial charge in [0.2, 0.25) is 10.0 Å². The van der Waals surface area contributed by atoms with Crippen molar-refractivity contribution in [3.63, 3.8) is 0 Å². The highest BCUT2D eigenvalue weighted by molar-refractivity contribution is 7.90. The normalized spacial score (nSPS) is 12.6. The maximum atomic E-state index is 13.3. The lowest BCUT2D eigenvalue weighted by molar-refractivity contribution is 0.364. The van der Waals surface area contributed by atoms with Crippen LogP contribution >= 0.6 is 22.9 Å². The highest BCUT2D eigenvalue weighted by Gasteiger charge is 2.28. The number of rotatable bonds is 8. The predicted molar refractivity (Wildman–Crippen MR) is 127 cm³/mol. The fourth-order valence-corrected chi connectivity index (χ4v) is 6.96. The summed E-state index contributed by atoms with van der Waals surface area (Å²) in [5, 5.41) is 0.195. The van der Waals surface area contributed by atoms with Crippen molar-refractivity contribution in [1.29, 1.82) is 0 Å². The minimum atomic E-state index is -3.78. The maximum Gasteiger partial charge on any atom is 0.244 e. The van der Waals surface area contributed by atoms with Crippen LogP contribution in [0.1, 0.15) is 18.7 Å². The van der Waals surface area contributed by atoms with Gasteiger partial charge in [0, 0.05) is 29.1 Å². The number of sulfonamides is 1. The Bertz CT molecular complexity index is 1280. The summed E-state index contributed by atoms with van der Waals surface area (Å²) in [6.07, 6.45) is 1.18. The highest BCUT2D eigenvalue weighted by atomic mass is 35.5. The molecule has 1 heterocycles. The van der Waals surface area contributed by atoms with Gasteiger partial charge >= 0.3 is 0 Å². The second-order valence-electron chi connectivity index (χ2n) is 7.69. The summed E-state index contributed by atoms with van der Waals surface area (Å²) >= 11 is 7.62. The minimum Gasteiger partial charge on any atom is -0.224 e. The lowest BCUT2D eigenvalue weighted by Crippen LogP contribution is -2.33. The molecule has 0 saturated heterocycles. The molecule has 0 saturated carbocycles. The Hall–Kier alpha value is -1.71. The Labute approximate surface area is 193 Å². The average Bonchev–Trinajstić information content (AvgIpc) is 3.15. The van der Waals surface area contributed by atoms with E-state index in [1.54, 1.807) is 36.4 Å². The van der Waals surface area contributed by atoms with E-state index in [0.29, 0.717) is 6.54 Å². The Balaban J connectivity index is 1.93. The first-order valence-electron chi connectivity index (χ1n) is 9.62. The molecule has 0 aliphatic rings. The van der Waals surface area contributed by atoms with Crippen molar-refractivity contribution in [3.8, 4) is 10.4 Å². The molecule has 0 aliphatic carbocycles. The smallest absolute Gasteiger partial charge is 0.224 e. The molecule has 0 amide bonds. The molecular weight excluding hydrogens is 474 g/mol. The minimum absolute atomic E-state index is 0.0925. The van der Waals surface area contributed by atoms with Crippen molar-refractivity contribution < 1.29 is 16.8 Å². The fraction of sp³-hybridized carbons (Fsp3) is 0.273. The largest absolute Gasteiger partial charge is 0.244 e. The lowest BCUT2D eigenvalue weighted by Gasteiger charge is -2.24. The Kier molecular flexibility index (Phi) is 7.28. The molecule has 0 unspecified atom stereocenters. The number of nitrogens with zero attached hydrogens (tertiary/aromatic N) is 1. The second-order valence-corrected chi connectivity index (χ2v) is 13.2. The number of thiophene rings is 1. The fourth-order valence-electron chi connectivity index (χ4n) is 3.12. The van der Waals surface area contributed by atoms with E-state index in [4.69, 9.17) is 11.6 Å². The van der Waals surface area contributed by atoms with Gasteiger partial charge in [-0.1, -0.05) is 49.7 Å². The van der Waals surface area contributed by atoms with E-state index in [1.165, 1.54) is 28.0 Å². The van der Waals surface area contributed by atoms with Crippen LogP contribution in [0.5, 0.6) is 0 Å². The van der Waals surface area contributed by atoms with Crippen molar-refractivity contribution in [1.82, 2.24) is 4.31 Å². The van der Waals surface area contributed by atoms with Gasteiger partial charge in [0.1, 0.15) is 4.90 Å². The van der Waals surface area contributed by atoms with Crippen LogP contribution in [0, 0.1) is 5.92 Å². The van der Waals surface area contributed by atoms with Crippen molar-refractivity contribution in [3.05, 3.63) is 70.6 Å². The van der Waals surface area contributed by atoms with Gasteiger partial charge in [0.15, 0.2) is 9.84 Å². The number of hydrogen-bond donors (Lipinski definition) is 0. The Morgan fingerprint density at radius 2 is 1.68 bits per heavy atom. The number of benzene rings is 2. The van der Waals surface area contributed by atoms with Crippen molar-refractivity contribution in [2.75, 3.05) is 12.8 Å². The summed E-state index contributed by atoms with van der Waals surface area (Å²) in [5.74, 6) is 0.128. The summed E-state index contributed by atoms with van der Waals surface area (Å²) in [6, 6.07) is 17.0. The molecule has 2 aromatic carbocycles. The lowest BCUT2D eigenvalue weighted by atomic mass is 10.2. The van der Waals surface area contributed by atoms with Crippen LogP contribution in [0.25, 0.3) is 10.4 Å². The molecule has 0 spiro atoms. The summed E-state index contributed by atoms with van der Waals surface area (Å²) in [6.45, 7) is 4.49. The molecule has 1 aromatic heterocycles. The molecule has 0 radical (unpaired) electrons. The van der Waals surface area contributed by atoms with Crippen LogP contribution < -0.4 is 0 Å². The van der Waals surface area contributed by atoms with E-state index < -0.39 is 19.9 Å². The molecular formula is C22H24ClNO4S3. The van der Waals surface area contributed by atoms with Crippen molar-refractivity contribution >= 4 is 42.8 Å². The van der Waals surface area contributed by atoms with E-state index in [9.17, 15) is 16.8 Å². The number of hydrogen-bond acceptors (Lipinski definition) is 5. The molecule has 166 valence electrons. The van der Waals surface area contributed by atoms with Crippen LogP contribution in [0.4, 0.5) is 0 Å². The second kappa shape index (κ2) is 9.42. The zero-order chi connectivity index (χ0) is 22.8. The topological polar surface area (TPSA) is 71.5 Å². The molecule has 0 aliphatic heterocycles. The molecule has 9 heteroatoms. The third-order valence-electron chi connectivity index (χ3n) is 4.56. The van der Waals surface area contributed by atoms with E-state index in [-0.39, 0.29) is 27.3 Å². The summed E-state index contributed by atoms with van der Waals surface area (Å²) in [7, 11) is -7.09. The summed E-state index contributed by atoms with van der Waals surface area (Å²) in [4.78, 5) is 2.08. The van der Waals surface area contributed by atoms with Gasteiger partial charge in [-0.2, -0.15) is 4.31 Å². The van der Waals surface area contributed by atoms with Crippen LogP contribution in [0.2, 0.25) is 5.02 Å². The Morgan fingerprint density at radius 3 is 2.32 bits per heavy atom. The van der Waals surface area contributed by atoms with Crippen molar-refractivity contribution in [2.24, 2.45) is 5.92 Å². The summed E-state index contributed by atoms with van der Waals surface area (Å²) in [5.41, 5.74) is 0.781. The molecule has 0 bridgehead atoms. The van der Waals surface area contributed by atoms with Crippen LogP contribution in [-0.2, 0) is 26.4 Å². The van der Waals surface area contributed by atoms with E-state index in [1.807, 2.05) is 32.0 Å². The zero-order valence-electron chi connectivity index (χ0n) is 17.4. The average molecular weight is 498 g/mol. The van der Waals surface area contributed by atoms with Crippen molar-refractivity contribution in [2.45, 2.75) is 30.2 Å². The van der Waals surface area contributed by atoms with Crippen LogP contribution in [-0.4, -0.2) is 33.9 Å². The predicted octanol–water partition coefficient (Wildman–Crippen LogP) is 5.32. The van der Waals surface area contributed by atoms with Gasteiger partial charge in [-0.25, -0.2) is 16.8 Å². The van der Waals surface area contributed by atoms with Gasteiger partial charge < -0.3 is 0 Å². The first-order chi connectivity index (χ1) is 14.5. The zero-order valence-corrected chi connectivity index (χ0v) is 20.7. The molecule has 3 aromatic rings. The molecule has 5 nitrogen and oxygen atoms in total. The molecule has 3 rings (SSSR count). The van der Waals surface area contributed by atoms with Gasteiger partial charge in [-0.3, -0.25) is 0 Å². The highest BCUT2D eigenvalue weighted by Crippen LogP contribution is 2.32. The molecule has 0 fully saturated rings. The van der Waals surface area contributed by atoms with Crippen LogP contribution in [0.3, 0.4) is 0 Å². The van der Waals surface area contributed by atoms with E-state index >= 15 is 0 Å². The van der Waals surface area contributed by atoms with Crippen LogP contribution in [0.15, 0.2) is 70.5 Å². The third kappa shape index (κ3) is 5.75. The Morgan fingerprint density at radius 1 is 0.968 bits per heavy atom. The molecule has 0 N–H and O–H groups in total.